The molecule has 1 aliphatic rings. The van der Waals surface area contributed by atoms with Crippen LogP contribution in [0.15, 0.2) is 22.7 Å². The van der Waals surface area contributed by atoms with Crippen LogP contribution < -0.4 is 4.74 Å². The third-order valence-electron chi connectivity index (χ3n) is 3.74. The molecule has 2 unspecified atom stereocenters. The van der Waals surface area contributed by atoms with Crippen LogP contribution in [0.5, 0.6) is 5.75 Å². The Hall–Kier alpha value is -1.07. The van der Waals surface area contributed by atoms with Crippen molar-refractivity contribution in [3.05, 3.63) is 28.2 Å². The Kier molecular flexibility index (Phi) is 5.05. The topological polar surface area (TPSA) is 49.8 Å². The van der Waals surface area contributed by atoms with Crippen molar-refractivity contribution in [3.63, 3.8) is 0 Å². The largest absolute Gasteiger partial charge is 0.497 e. The lowest BCUT2D eigenvalue weighted by molar-refractivity contribution is -0.144. The molecule has 4 nitrogen and oxygen atoms in total. The number of aliphatic carboxylic acids is 1. The number of rotatable bonds is 4. The zero-order valence-electron chi connectivity index (χ0n) is 11.8. The molecule has 20 heavy (non-hydrogen) atoms. The molecule has 5 heteroatoms. The van der Waals surface area contributed by atoms with Gasteiger partial charge in [-0.25, -0.2) is 0 Å². The summed E-state index contributed by atoms with van der Waals surface area (Å²) >= 11 is 3.55. The van der Waals surface area contributed by atoms with Crippen molar-refractivity contribution in [1.82, 2.24) is 4.90 Å². The summed E-state index contributed by atoms with van der Waals surface area (Å²) < 4.78 is 6.19. The fourth-order valence-corrected chi connectivity index (χ4v) is 3.28. The van der Waals surface area contributed by atoms with Gasteiger partial charge in [0.05, 0.1) is 13.0 Å². The number of methoxy groups -OCH3 is 1. The number of likely N-dealkylation sites (tertiary alicyclic amines) is 1. The van der Waals surface area contributed by atoms with Crippen molar-refractivity contribution in [3.8, 4) is 5.75 Å². The van der Waals surface area contributed by atoms with Gasteiger partial charge in [-0.3, -0.25) is 9.69 Å². The number of hydrogen-bond acceptors (Lipinski definition) is 3. The average Bonchev–Trinajstić information content (AvgIpc) is 2.40. The first-order valence-electron chi connectivity index (χ1n) is 6.77. The Morgan fingerprint density at radius 1 is 1.50 bits per heavy atom. The highest BCUT2D eigenvalue weighted by atomic mass is 79.9. The van der Waals surface area contributed by atoms with E-state index in [4.69, 9.17) is 4.74 Å². The average molecular weight is 342 g/mol. The second kappa shape index (κ2) is 6.59. The van der Waals surface area contributed by atoms with Crippen LogP contribution in [0.1, 0.15) is 18.9 Å². The van der Waals surface area contributed by atoms with Gasteiger partial charge in [-0.15, -0.1) is 0 Å². The molecule has 2 rings (SSSR count). The Labute approximate surface area is 127 Å². The molecule has 0 amide bonds. The number of carbonyl (C=O) groups is 1. The van der Waals surface area contributed by atoms with E-state index in [9.17, 15) is 9.90 Å². The number of benzene rings is 1. The standard InChI is InChI=1S/C15H20BrNO3/c1-10-5-12(15(18)19)9-17(7-10)8-11-3-4-13(20-2)6-14(11)16/h3-4,6,10,12H,5,7-9H2,1-2H3,(H,18,19). The first-order chi connectivity index (χ1) is 9.49. The fraction of sp³-hybridized carbons (Fsp3) is 0.533. The number of halogens is 1. The van der Waals surface area contributed by atoms with Crippen LogP contribution in [-0.2, 0) is 11.3 Å². The molecule has 0 aromatic heterocycles. The summed E-state index contributed by atoms with van der Waals surface area (Å²) in [7, 11) is 1.64. The Morgan fingerprint density at radius 3 is 2.85 bits per heavy atom. The molecule has 0 spiro atoms. The minimum absolute atomic E-state index is 0.254. The van der Waals surface area contributed by atoms with E-state index in [1.165, 1.54) is 0 Å². The van der Waals surface area contributed by atoms with E-state index in [-0.39, 0.29) is 5.92 Å². The van der Waals surface area contributed by atoms with Gasteiger partial charge in [0.1, 0.15) is 5.75 Å². The zero-order chi connectivity index (χ0) is 14.7. The zero-order valence-corrected chi connectivity index (χ0v) is 13.4. The lowest BCUT2D eigenvalue weighted by atomic mass is 9.90. The van der Waals surface area contributed by atoms with Crippen LogP contribution in [-0.4, -0.2) is 36.2 Å². The van der Waals surface area contributed by atoms with Gasteiger partial charge in [-0.05, 0) is 30.0 Å². The minimum atomic E-state index is -0.685. The highest BCUT2D eigenvalue weighted by molar-refractivity contribution is 9.10. The first-order valence-corrected chi connectivity index (χ1v) is 7.56. The third-order valence-corrected chi connectivity index (χ3v) is 4.48. The molecule has 1 aromatic rings. The van der Waals surface area contributed by atoms with Crippen molar-refractivity contribution >= 4 is 21.9 Å². The number of carboxylic acids is 1. The van der Waals surface area contributed by atoms with Crippen molar-refractivity contribution in [2.45, 2.75) is 19.9 Å². The normalized spacial score (nSPS) is 23.6. The quantitative estimate of drug-likeness (QED) is 0.914. The van der Waals surface area contributed by atoms with Gasteiger partial charge in [-0.2, -0.15) is 0 Å². The molecule has 2 atom stereocenters. The number of carboxylic acid groups (broad SMARTS) is 1. The molecular weight excluding hydrogens is 322 g/mol. The van der Waals surface area contributed by atoms with E-state index < -0.39 is 5.97 Å². The number of nitrogens with zero attached hydrogens (tertiary/aromatic N) is 1. The summed E-state index contributed by atoms with van der Waals surface area (Å²) in [4.78, 5) is 13.4. The smallest absolute Gasteiger partial charge is 0.307 e. The van der Waals surface area contributed by atoms with Crippen LogP contribution in [0.3, 0.4) is 0 Å². The Balaban J connectivity index is 2.07. The monoisotopic (exact) mass is 341 g/mol. The molecule has 1 heterocycles. The van der Waals surface area contributed by atoms with Crippen molar-refractivity contribution in [2.75, 3.05) is 20.2 Å². The molecule has 1 aliphatic heterocycles. The molecule has 1 saturated heterocycles. The maximum Gasteiger partial charge on any atom is 0.307 e. The Morgan fingerprint density at radius 2 is 2.25 bits per heavy atom. The predicted molar refractivity (Wildman–Crippen MR) is 80.9 cm³/mol. The van der Waals surface area contributed by atoms with Gasteiger partial charge in [0.15, 0.2) is 0 Å². The molecule has 0 radical (unpaired) electrons. The molecule has 0 saturated carbocycles. The van der Waals surface area contributed by atoms with Crippen molar-refractivity contribution in [2.24, 2.45) is 11.8 Å². The van der Waals surface area contributed by atoms with E-state index in [2.05, 4.69) is 27.8 Å². The second-order valence-electron chi connectivity index (χ2n) is 5.53. The van der Waals surface area contributed by atoms with E-state index in [1.54, 1.807) is 7.11 Å². The third kappa shape index (κ3) is 3.73. The summed E-state index contributed by atoms with van der Waals surface area (Å²) in [5.41, 5.74) is 1.16. The number of ether oxygens (including phenoxy) is 1. The van der Waals surface area contributed by atoms with E-state index in [0.717, 1.165) is 35.3 Å². The summed E-state index contributed by atoms with van der Waals surface area (Å²) in [6.45, 7) is 4.45. The predicted octanol–water partition coefficient (Wildman–Crippen LogP) is 3.00. The summed E-state index contributed by atoms with van der Waals surface area (Å²) in [5.74, 6) is 0.295. The lowest BCUT2D eigenvalue weighted by Crippen LogP contribution is -2.42. The van der Waals surface area contributed by atoms with Gasteiger partial charge in [0.25, 0.3) is 0 Å². The molecule has 1 aromatic carbocycles. The van der Waals surface area contributed by atoms with Crippen molar-refractivity contribution in [1.29, 1.82) is 0 Å². The molecule has 110 valence electrons. The van der Waals surface area contributed by atoms with E-state index in [1.807, 2.05) is 18.2 Å². The molecule has 0 aliphatic carbocycles. The Bertz CT molecular complexity index is 492. The minimum Gasteiger partial charge on any atom is -0.497 e. The van der Waals surface area contributed by atoms with E-state index >= 15 is 0 Å². The van der Waals surface area contributed by atoms with Gasteiger partial charge in [0.2, 0.25) is 0 Å². The van der Waals surface area contributed by atoms with Crippen LogP contribution in [0, 0.1) is 11.8 Å². The number of hydrogen-bond donors (Lipinski definition) is 1. The van der Waals surface area contributed by atoms with Crippen LogP contribution in [0.2, 0.25) is 0 Å². The molecule has 1 N–H and O–H groups in total. The van der Waals surface area contributed by atoms with Crippen LogP contribution >= 0.6 is 15.9 Å². The summed E-state index contributed by atoms with van der Waals surface area (Å²) in [6.07, 6.45) is 0.773. The number of piperidine rings is 1. The summed E-state index contributed by atoms with van der Waals surface area (Å²) in [6, 6.07) is 5.90. The molecule has 1 fully saturated rings. The highest BCUT2D eigenvalue weighted by Gasteiger charge is 2.29. The van der Waals surface area contributed by atoms with Crippen LogP contribution in [0.25, 0.3) is 0 Å². The fourth-order valence-electron chi connectivity index (χ4n) is 2.79. The van der Waals surface area contributed by atoms with Crippen LogP contribution in [0.4, 0.5) is 0 Å². The van der Waals surface area contributed by atoms with Gasteiger partial charge in [-0.1, -0.05) is 28.9 Å². The first kappa shape index (κ1) is 15.3. The maximum atomic E-state index is 11.2. The van der Waals surface area contributed by atoms with Crippen molar-refractivity contribution < 1.29 is 14.6 Å². The molecular formula is C15H20BrNO3. The van der Waals surface area contributed by atoms with Gasteiger partial charge >= 0.3 is 5.97 Å². The molecule has 0 bridgehead atoms. The maximum absolute atomic E-state index is 11.2. The second-order valence-corrected chi connectivity index (χ2v) is 6.38. The summed E-state index contributed by atoms with van der Waals surface area (Å²) in [5, 5.41) is 9.21. The van der Waals surface area contributed by atoms with Gasteiger partial charge < -0.3 is 9.84 Å². The van der Waals surface area contributed by atoms with E-state index in [0.29, 0.717) is 12.5 Å². The lowest BCUT2D eigenvalue weighted by Gasteiger charge is -2.34. The highest BCUT2D eigenvalue weighted by Crippen LogP contribution is 2.27. The SMILES string of the molecule is COc1ccc(CN2CC(C)CC(C(=O)O)C2)c(Br)c1. The van der Waals surface area contributed by atoms with Gasteiger partial charge in [0, 0.05) is 24.1 Å².